The van der Waals surface area contributed by atoms with Gasteiger partial charge in [-0.2, -0.15) is 13.2 Å². The van der Waals surface area contributed by atoms with Crippen molar-refractivity contribution in [2.24, 2.45) is 5.16 Å². The van der Waals surface area contributed by atoms with E-state index in [2.05, 4.69) is 15.5 Å². The summed E-state index contributed by atoms with van der Waals surface area (Å²) < 4.78 is 39.6. The molecule has 0 aliphatic heterocycles. The highest BCUT2D eigenvalue weighted by molar-refractivity contribution is 6.36. The molecule has 2 rings (SSSR count). The van der Waals surface area contributed by atoms with Gasteiger partial charge in [0.2, 0.25) is 0 Å². The molecule has 156 valence electrons. The molecule has 0 spiro atoms. The smallest absolute Gasteiger partial charge is 0.393 e. The Morgan fingerprint density at radius 2 is 1.86 bits per heavy atom. The number of aromatic nitrogens is 1. The molecule has 0 bridgehead atoms. The molecular formula is C19H18Cl2F3N3O2. The molecule has 0 saturated carbocycles. The number of nitrogens with one attached hydrogen (secondary N) is 1. The van der Waals surface area contributed by atoms with Crippen LogP contribution in [-0.4, -0.2) is 28.7 Å². The number of alkyl halides is 3. The minimum absolute atomic E-state index is 0.137. The first kappa shape index (κ1) is 23.0. The van der Waals surface area contributed by atoms with Gasteiger partial charge in [-0.05, 0) is 39.0 Å². The van der Waals surface area contributed by atoms with E-state index in [1.165, 1.54) is 31.3 Å². The van der Waals surface area contributed by atoms with Crippen LogP contribution in [0.5, 0.6) is 0 Å². The van der Waals surface area contributed by atoms with Crippen molar-refractivity contribution >= 4 is 34.8 Å². The first-order valence-electron chi connectivity index (χ1n) is 8.53. The quantitative estimate of drug-likeness (QED) is 0.479. The topological polar surface area (TPSA) is 63.6 Å². The average molecular weight is 448 g/mol. The van der Waals surface area contributed by atoms with Crippen LogP contribution in [-0.2, 0) is 11.0 Å². The number of hydrogen-bond donors (Lipinski definition) is 1. The van der Waals surface area contributed by atoms with Gasteiger partial charge in [-0.3, -0.25) is 9.78 Å². The summed E-state index contributed by atoms with van der Waals surface area (Å²) in [6.45, 7) is 5.00. The Bertz CT molecular complexity index is 918. The fourth-order valence-corrected chi connectivity index (χ4v) is 2.84. The molecule has 0 aliphatic carbocycles. The maximum Gasteiger partial charge on any atom is 0.417 e. The average Bonchev–Trinajstić information content (AvgIpc) is 2.62. The van der Waals surface area contributed by atoms with Gasteiger partial charge in [0.15, 0.2) is 0 Å². The Morgan fingerprint density at radius 3 is 2.45 bits per heavy atom. The molecule has 1 N–H and O–H groups in total. The van der Waals surface area contributed by atoms with Gasteiger partial charge in [-0.25, -0.2) is 0 Å². The molecule has 10 heteroatoms. The monoisotopic (exact) mass is 447 g/mol. The molecular weight excluding hydrogens is 430 g/mol. The number of pyridine rings is 1. The number of carbonyl (C=O) groups is 1. The van der Waals surface area contributed by atoms with E-state index in [0.29, 0.717) is 5.02 Å². The molecule has 0 radical (unpaired) electrons. The molecule has 1 atom stereocenters. The first-order chi connectivity index (χ1) is 13.5. The largest absolute Gasteiger partial charge is 0.417 e. The zero-order chi connectivity index (χ0) is 21.8. The zero-order valence-corrected chi connectivity index (χ0v) is 17.2. The third kappa shape index (κ3) is 6.08. The SMILES string of the molecule is CC(C)O/N=C(\c1ncc(Cl)cc1Cl)[C@H](C)NC(=O)c1ccccc1C(F)(F)F. The lowest BCUT2D eigenvalue weighted by Crippen LogP contribution is -2.40. The fourth-order valence-electron chi connectivity index (χ4n) is 2.36. The fraction of sp³-hybridized carbons (Fsp3) is 0.316. The van der Waals surface area contributed by atoms with Gasteiger partial charge in [0, 0.05) is 6.20 Å². The maximum absolute atomic E-state index is 13.2. The van der Waals surface area contributed by atoms with Crippen molar-refractivity contribution in [2.45, 2.75) is 39.1 Å². The van der Waals surface area contributed by atoms with Crippen LogP contribution in [0.15, 0.2) is 41.7 Å². The zero-order valence-electron chi connectivity index (χ0n) is 15.7. The minimum Gasteiger partial charge on any atom is -0.393 e. The van der Waals surface area contributed by atoms with E-state index in [4.69, 9.17) is 28.0 Å². The van der Waals surface area contributed by atoms with Crippen LogP contribution in [0, 0.1) is 0 Å². The van der Waals surface area contributed by atoms with Gasteiger partial charge in [-0.15, -0.1) is 0 Å². The van der Waals surface area contributed by atoms with Crippen LogP contribution in [0.3, 0.4) is 0 Å². The van der Waals surface area contributed by atoms with Crippen molar-refractivity contribution < 1.29 is 22.8 Å². The second-order valence-corrected chi connectivity index (χ2v) is 7.20. The molecule has 1 aromatic carbocycles. The summed E-state index contributed by atoms with van der Waals surface area (Å²) in [4.78, 5) is 21.9. The second kappa shape index (κ2) is 9.45. The normalized spacial score (nSPS) is 13.3. The van der Waals surface area contributed by atoms with E-state index in [-0.39, 0.29) is 22.5 Å². The third-order valence-corrected chi connectivity index (χ3v) is 4.14. The number of halogens is 5. The lowest BCUT2D eigenvalue weighted by Gasteiger charge is -2.19. The van der Waals surface area contributed by atoms with Crippen LogP contribution in [0.4, 0.5) is 13.2 Å². The van der Waals surface area contributed by atoms with E-state index in [1.807, 2.05) is 0 Å². The van der Waals surface area contributed by atoms with E-state index < -0.39 is 29.3 Å². The van der Waals surface area contributed by atoms with Crippen molar-refractivity contribution in [1.29, 1.82) is 0 Å². The Morgan fingerprint density at radius 1 is 1.21 bits per heavy atom. The molecule has 0 unspecified atom stereocenters. The molecule has 2 aromatic rings. The molecule has 1 aromatic heterocycles. The Labute approximate surface area is 175 Å². The number of carbonyl (C=O) groups excluding carboxylic acids is 1. The molecule has 1 heterocycles. The summed E-state index contributed by atoms with van der Waals surface area (Å²) in [5, 5.41) is 6.93. The summed E-state index contributed by atoms with van der Waals surface area (Å²) in [6.07, 6.45) is -3.62. The number of rotatable bonds is 6. The summed E-state index contributed by atoms with van der Waals surface area (Å²) in [7, 11) is 0. The van der Waals surface area contributed by atoms with Crippen molar-refractivity contribution in [2.75, 3.05) is 0 Å². The standard InChI is InChI=1S/C19H18Cl2F3N3O2/c1-10(2)29-27-16(17-15(21)8-12(20)9-25-17)11(3)26-18(28)13-6-4-5-7-14(13)19(22,23)24/h4-11H,1-3H3,(H,26,28)/b27-16-/t11-/m0/s1. The van der Waals surface area contributed by atoms with Crippen LogP contribution < -0.4 is 5.32 Å². The number of benzene rings is 1. The lowest BCUT2D eigenvalue weighted by atomic mass is 10.0. The predicted octanol–water partition coefficient (Wildman–Crippen LogP) is 5.35. The molecule has 0 saturated heterocycles. The number of amides is 1. The third-order valence-electron chi connectivity index (χ3n) is 3.65. The van der Waals surface area contributed by atoms with E-state index in [0.717, 1.165) is 12.1 Å². The highest BCUT2D eigenvalue weighted by atomic mass is 35.5. The van der Waals surface area contributed by atoms with Crippen LogP contribution >= 0.6 is 23.2 Å². The van der Waals surface area contributed by atoms with Gasteiger partial charge < -0.3 is 10.2 Å². The highest BCUT2D eigenvalue weighted by Crippen LogP contribution is 2.32. The predicted molar refractivity (Wildman–Crippen MR) is 105 cm³/mol. The maximum atomic E-state index is 13.2. The van der Waals surface area contributed by atoms with Crippen molar-refractivity contribution in [1.82, 2.24) is 10.3 Å². The van der Waals surface area contributed by atoms with Crippen molar-refractivity contribution in [3.05, 3.63) is 63.4 Å². The Hall–Kier alpha value is -2.32. The number of nitrogens with zero attached hydrogens (tertiary/aromatic N) is 2. The Kier molecular flexibility index (Phi) is 7.48. The summed E-state index contributed by atoms with van der Waals surface area (Å²) in [5.41, 5.74) is -1.22. The van der Waals surface area contributed by atoms with Gasteiger partial charge in [0.25, 0.3) is 5.91 Å². The Balaban J connectivity index is 2.37. The van der Waals surface area contributed by atoms with Gasteiger partial charge >= 0.3 is 6.18 Å². The van der Waals surface area contributed by atoms with Gasteiger partial charge in [0.1, 0.15) is 17.5 Å². The highest BCUT2D eigenvalue weighted by Gasteiger charge is 2.35. The number of hydrogen-bond acceptors (Lipinski definition) is 4. The molecule has 0 fully saturated rings. The van der Waals surface area contributed by atoms with Crippen LogP contribution in [0.2, 0.25) is 10.0 Å². The molecule has 0 aliphatic rings. The minimum atomic E-state index is -4.67. The lowest BCUT2D eigenvalue weighted by molar-refractivity contribution is -0.137. The summed E-state index contributed by atoms with van der Waals surface area (Å²) >= 11 is 12.0. The van der Waals surface area contributed by atoms with Crippen LogP contribution in [0.1, 0.15) is 42.4 Å². The molecule has 5 nitrogen and oxygen atoms in total. The number of oxime groups is 1. The van der Waals surface area contributed by atoms with Crippen molar-refractivity contribution in [3.63, 3.8) is 0 Å². The molecule has 29 heavy (non-hydrogen) atoms. The van der Waals surface area contributed by atoms with Gasteiger partial charge in [-0.1, -0.05) is 40.5 Å². The van der Waals surface area contributed by atoms with Crippen molar-refractivity contribution in [3.8, 4) is 0 Å². The second-order valence-electron chi connectivity index (χ2n) is 6.35. The summed E-state index contributed by atoms with van der Waals surface area (Å²) in [6, 6.07) is 5.07. The summed E-state index contributed by atoms with van der Waals surface area (Å²) in [5.74, 6) is -0.923. The van der Waals surface area contributed by atoms with Crippen LogP contribution in [0.25, 0.3) is 0 Å². The van der Waals surface area contributed by atoms with E-state index in [1.54, 1.807) is 13.8 Å². The van der Waals surface area contributed by atoms with E-state index >= 15 is 0 Å². The van der Waals surface area contributed by atoms with E-state index in [9.17, 15) is 18.0 Å². The van der Waals surface area contributed by atoms with Gasteiger partial charge in [0.05, 0.1) is 27.2 Å². The molecule has 1 amide bonds. The first-order valence-corrected chi connectivity index (χ1v) is 9.28.